The van der Waals surface area contributed by atoms with Crippen molar-refractivity contribution in [1.82, 2.24) is 10.3 Å². The maximum Gasteiger partial charge on any atom is 0.251 e. The molecule has 9 heteroatoms. The topological polar surface area (TPSA) is 88.1 Å². The van der Waals surface area contributed by atoms with Crippen molar-refractivity contribution in [3.8, 4) is 23.0 Å². The molecule has 5 rings (SSSR count). The van der Waals surface area contributed by atoms with E-state index in [1.807, 2.05) is 24.3 Å². The van der Waals surface area contributed by atoms with Crippen molar-refractivity contribution in [2.24, 2.45) is 5.92 Å². The maximum absolute atomic E-state index is 13.0. The van der Waals surface area contributed by atoms with Crippen LogP contribution in [0.1, 0.15) is 45.9 Å². The van der Waals surface area contributed by atoms with Crippen LogP contribution in [0, 0.1) is 5.92 Å². The summed E-state index contributed by atoms with van der Waals surface area (Å²) in [6.45, 7) is 2.35. The monoisotopic (exact) mass is 552 g/mol. The molecular weight excluding hydrogens is 520 g/mol. The molecule has 0 bridgehead atoms. The van der Waals surface area contributed by atoms with E-state index in [1.165, 1.54) is 0 Å². The highest BCUT2D eigenvalue weighted by Crippen LogP contribution is 2.44. The van der Waals surface area contributed by atoms with Crippen LogP contribution in [-0.2, 0) is 17.8 Å². The third-order valence-electron chi connectivity index (χ3n) is 7.04. The second-order valence-electron chi connectivity index (χ2n) is 9.69. The Morgan fingerprint density at radius 2 is 1.90 bits per heavy atom. The number of fused-ring (bicyclic) bond motifs is 1. The number of halogens is 1. The Morgan fingerprint density at radius 3 is 2.64 bits per heavy atom. The van der Waals surface area contributed by atoms with Crippen molar-refractivity contribution in [1.29, 1.82) is 0 Å². The van der Waals surface area contributed by atoms with Gasteiger partial charge in [-0.2, -0.15) is 0 Å². The number of rotatable bonds is 13. The summed E-state index contributed by atoms with van der Waals surface area (Å²) in [4.78, 5) is 17.6. The van der Waals surface area contributed by atoms with E-state index in [9.17, 15) is 4.79 Å². The number of methoxy groups -OCH3 is 2. The number of pyridine rings is 1. The van der Waals surface area contributed by atoms with E-state index in [0.29, 0.717) is 66.9 Å². The first-order valence-corrected chi connectivity index (χ1v) is 13.6. The molecule has 0 spiro atoms. The number of carbonyl (C=O) groups is 1. The highest BCUT2D eigenvalue weighted by molar-refractivity contribution is 6.31. The summed E-state index contributed by atoms with van der Waals surface area (Å²) in [5, 5.41) is 3.49. The fourth-order valence-electron chi connectivity index (χ4n) is 4.73. The van der Waals surface area contributed by atoms with E-state index >= 15 is 0 Å². The van der Waals surface area contributed by atoms with Gasteiger partial charge in [0.15, 0.2) is 22.4 Å². The predicted molar refractivity (Wildman–Crippen MR) is 147 cm³/mol. The van der Waals surface area contributed by atoms with Crippen molar-refractivity contribution >= 4 is 17.5 Å². The van der Waals surface area contributed by atoms with Gasteiger partial charge in [-0.25, -0.2) is 4.98 Å². The van der Waals surface area contributed by atoms with Gasteiger partial charge in [-0.3, -0.25) is 4.79 Å². The van der Waals surface area contributed by atoms with Gasteiger partial charge in [-0.15, -0.1) is 0 Å². The van der Waals surface area contributed by atoms with E-state index in [4.69, 9.17) is 35.3 Å². The first kappa shape index (κ1) is 27.1. The Morgan fingerprint density at radius 1 is 1.08 bits per heavy atom. The Kier molecular flexibility index (Phi) is 8.74. The summed E-state index contributed by atoms with van der Waals surface area (Å²) in [6.07, 6.45) is 3.07. The average molecular weight is 553 g/mol. The second-order valence-corrected chi connectivity index (χ2v) is 10.1. The summed E-state index contributed by atoms with van der Waals surface area (Å²) < 4.78 is 27.8. The zero-order valence-electron chi connectivity index (χ0n) is 22.2. The first-order valence-electron chi connectivity index (χ1n) is 13.2. The first-order chi connectivity index (χ1) is 19.1. The number of benzene rings is 2. The SMILES string of the molecule is COc1ccc(COCCOc2ccc(C(=O)NCC(c3cc4c(c(Cl)n3)OCC4)C3CC3)cc2OC)cc1. The number of aromatic nitrogens is 1. The van der Waals surface area contributed by atoms with Gasteiger partial charge in [-0.05, 0) is 60.7 Å². The highest BCUT2D eigenvalue weighted by Gasteiger charge is 2.35. The number of hydrogen-bond donors (Lipinski definition) is 1. The Bertz CT molecular complexity index is 1300. The van der Waals surface area contributed by atoms with Gasteiger partial charge in [0, 0.05) is 35.7 Å². The van der Waals surface area contributed by atoms with E-state index < -0.39 is 0 Å². The smallest absolute Gasteiger partial charge is 0.251 e. The van der Waals surface area contributed by atoms with Gasteiger partial charge in [0.25, 0.3) is 5.91 Å². The lowest BCUT2D eigenvalue weighted by molar-refractivity contribution is 0.0878. The molecule has 3 aromatic rings. The van der Waals surface area contributed by atoms with Crippen LogP contribution in [0.15, 0.2) is 48.5 Å². The second kappa shape index (κ2) is 12.6. The van der Waals surface area contributed by atoms with Crippen LogP contribution in [0.2, 0.25) is 5.15 Å². The number of nitrogens with one attached hydrogen (secondary N) is 1. The van der Waals surface area contributed by atoms with E-state index in [2.05, 4.69) is 16.4 Å². The zero-order chi connectivity index (χ0) is 27.2. The molecule has 1 amide bonds. The van der Waals surface area contributed by atoms with Gasteiger partial charge < -0.3 is 29.0 Å². The number of ether oxygens (including phenoxy) is 5. The predicted octanol–water partition coefficient (Wildman–Crippen LogP) is 5.21. The molecule has 2 aromatic carbocycles. The largest absolute Gasteiger partial charge is 0.497 e. The lowest BCUT2D eigenvalue weighted by atomic mass is 9.97. The van der Waals surface area contributed by atoms with Crippen molar-refractivity contribution < 1.29 is 28.5 Å². The van der Waals surface area contributed by atoms with Crippen molar-refractivity contribution in [2.45, 2.75) is 31.8 Å². The molecular formula is C30H33ClN2O6. The van der Waals surface area contributed by atoms with E-state index in [-0.39, 0.29) is 11.8 Å². The van der Waals surface area contributed by atoms with Crippen LogP contribution in [0.4, 0.5) is 0 Å². The molecule has 206 valence electrons. The molecule has 2 heterocycles. The van der Waals surface area contributed by atoms with Crippen LogP contribution < -0.4 is 24.3 Å². The molecule has 0 saturated heterocycles. The third kappa shape index (κ3) is 6.75. The standard InChI is InChI=1S/C30H33ClN2O6/c1-35-23-8-3-19(4-9-23)18-37-13-14-38-26-10-7-22(16-27(26)36-2)30(34)32-17-24(20-5-6-20)25-15-21-11-12-39-28(21)29(31)33-25/h3-4,7-10,15-16,20,24H,5-6,11-14,17-18H2,1-2H3,(H,32,34). The number of carbonyl (C=O) groups excluding carboxylic acids is 1. The van der Waals surface area contributed by atoms with Crippen molar-refractivity contribution in [3.63, 3.8) is 0 Å². The minimum absolute atomic E-state index is 0.111. The lowest BCUT2D eigenvalue weighted by Gasteiger charge is -2.18. The summed E-state index contributed by atoms with van der Waals surface area (Å²) in [5.74, 6) is 2.97. The van der Waals surface area contributed by atoms with Crippen LogP contribution in [0.3, 0.4) is 0 Å². The van der Waals surface area contributed by atoms with Crippen LogP contribution in [-0.4, -0.2) is 51.5 Å². The zero-order valence-corrected chi connectivity index (χ0v) is 23.0. The van der Waals surface area contributed by atoms with Crippen LogP contribution in [0.5, 0.6) is 23.0 Å². The number of amides is 1. The summed E-state index contributed by atoms with van der Waals surface area (Å²) in [7, 11) is 3.20. The van der Waals surface area contributed by atoms with Crippen molar-refractivity contribution in [3.05, 3.63) is 76.1 Å². The number of nitrogens with zero attached hydrogens (tertiary/aromatic N) is 1. The third-order valence-corrected chi connectivity index (χ3v) is 7.29. The average Bonchev–Trinajstić information content (AvgIpc) is 3.68. The van der Waals surface area contributed by atoms with E-state index in [1.54, 1.807) is 32.4 Å². The Balaban J connectivity index is 1.13. The molecule has 1 saturated carbocycles. The molecule has 0 radical (unpaired) electrons. The fourth-order valence-corrected chi connectivity index (χ4v) is 5.00. The minimum Gasteiger partial charge on any atom is -0.497 e. The van der Waals surface area contributed by atoms with Gasteiger partial charge in [0.2, 0.25) is 0 Å². The highest BCUT2D eigenvalue weighted by atomic mass is 35.5. The summed E-state index contributed by atoms with van der Waals surface area (Å²) in [6, 6.07) is 15.0. The molecule has 1 aromatic heterocycles. The molecule has 1 atom stereocenters. The van der Waals surface area contributed by atoms with Gasteiger partial charge in [-0.1, -0.05) is 23.7 Å². The quantitative estimate of drug-likeness (QED) is 0.230. The van der Waals surface area contributed by atoms with Gasteiger partial charge in [0.05, 0.1) is 34.0 Å². The lowest BCUT2D eigenvalue weighted by Crippen LogP contribution is -2.29. The molecule has 2 aliphatic rings. The van der Waals surface area contributed by atoms with E-state index in [0.717, 1.165) is 41.8 Å². The molecule has 1 N–H and O–H groups in total. The van der Waals surface area contributed by atoms with Gasteiger partial charge in [0.1, 0.15) is 12.4 Å². The van der Waals surface area contributed by atoms with Crippen LogP contribution >= 0.6 is 11.6 Å². The Hall–Kier alpha value is -3.49. The van der Waals surface area contributed by atoms with Gasteiger partial charge >= 0.3 is 0 Å². The molecule has 1 fully saturated rings. The molecule has 1 aliphatic heterocycles. The molecule has 1 unspecified atom stereocenters. The summed E-state index contributed by atoms with van der Waals surface area (Å²) >= 11 is 6.38. The molecule has 39 heavy (non-hydrogen) atoms. The summed E-state index contributed by atoms with van der Waals surface area (Å²) in [5.41, 5.74) is 3.56. The van der Waals surface area contributed by atoms with Crippen LogP contribution in [0.25, 0.3) is 0 Å². The number of hydrogen-bond acceptors (Lipinski definition) is 7. The fraction of sp³-hybridized carbons (Fsp3) is 0.400. The molecule has 8 nitrogen and oxygen atoms in total. The normalized spacial score (nSPS) is 14.7. The Labute approximate surface area is 233 Å². The molecule has 1 aliphatic carbocycles. The maximum atomic E-state index is 13.0. The van der Waals surface area contributed by atoms with Crippen molar-refractivity contribution in [2.75, 3.05) is 40.6 Å². The minimum atomic E-state index is -0.177.